The number of aryl methyl sites for hydroxylation is 2. The number of aromatic nitrogens is 1. The number of esters is 1. The molecule has 0 spiro atoms. The highest BCUT2D eigenvalue weighted by Gasteiger charge is 2.23. The number of carbonyl (C=O) groups excluding carboxylic acids is 1. The first kappa shape index (κ1) is 17.8. The summed E-state index contributed by atoms with van der Waals surface area (Å²) >= 11 is 7.27. The average molecular weight is 378 g/mol. The number of carbonyl (C=O) groups is 1. The number of benzene rings is 2. The van der Waals surface area contributed by atoms with Gasteiger partial charge in [-0.3, -0.25) is 0 Å². The number of ether oxygens (including phenoxy) is 1. The molecule has 6 heteroatoms. The first-order valence-electron chi connectivity index (χ1n) is 7.83. The maximum Gasteiger partial charge on any atom is 0.355 e. The summed E-state index contributed by atoms with van der Waals surface area (Å²) in [5.74, 6) is -1.06. The Morgan fingerprint density at radius 1 is 1.24 bits per heavy atom. The lowest BCUT2D eigenvalue weighted by Gasteiger charge is -2.07. The highest BCUT2D eigenvalue weighted by Crippen LogP contribution is 2.40. The predicted molar refractivity (Wildman–Crippen MR) is 99.3 cm³/mol. The Hall–Kier alpha value is -1.98. The lowest BCUT2D eigenvalue weighted by Crippen LogP contribution is -2.06. The molecule has 0 radical (unpaired) electrons. The van der Waals surface area contributed by atoms with Crippen LogP contribution in [0.1, 0.15) is 28.5 Å². The maximum absolute atomic E-state index is 14.7. The van der Waals surface area contributed by atoms with Crippen molar-refractivity contribution in [3.05, 3.63) is 58.0 Å². The van der Waals surface area contributed by atoms with E-state index in [1.54, 1.807) is 13.0 Å². The molecule has 0 atom stereocenters. The second-order valence-corrected chi connectivity index (χ2v) is 7.25. The molecule has 0 aliphatic carbocycles. The van der Waals surface area contributed by atoms with Crippen LogP contribution in [0.3, 0.4) is 0 Å². The van der Waals surface area contributed by atoms with E-state index in [4.69, 9.17) is 16.3 Å². The van der Waals surface area contributed by atoms with Crippen LogP contribution in [0.15, 0.2) is 40.1 Å². The molecule has 0 fully saturated rings. The summed E-state index contributed by atoms with van der Waals surface area (Å²) in [7, 11) is 0. The minimum absolute atomic E-state index is 0.0178. The molecule has 3 aromatic rings. The van der Waals surface area contributed by atoms with E-state index in [2.05, 4.69) is 11.1 Å². The number of nitrogens with one attached hydrogen (secondary N) is 1. The van der Waals surface area contributed by atoms with Gasteiger partial charge in [-0.2, -0.15) is 0 Å². The number of rotatable bonds is 4. The van der Waals surface area contributed by atoms with E-state index >= 15 is 0 Å². The maximum atomic E-state index is 14.7. The van der Waals surface area contributed by atoms with E-state index in [9.17, 15) is 9.18 Å². The largest absolute Gasteiger partial charge is 0.461 e. The van der Waals surface area contributed by atoms with Crippen molar-refractivity contribution >= 4 is 40.2 Å². The summed E-state index contributed by atoms with van der Waals surface area (Å²) in [6.07, 6.45) is 0. The molecular weight excluding hydrogens is 361 g/mol. The number of halogens is 2. The Labute approximate surface area is 154 Å². The van der Waals surface area contributed by atoms with Crippen LogP contribution < -0.4 is 0 Å². The lowest BCUT2D eigenvalue weighted by molar-refractivity contribution is 0.0516. The van der Waals surface area contributed by atoms with Crippen molar-refractivity contribution in [1.82, 2.24) is 4.98 Å². The van der Waals surface area contributed by atoms with E-state index in [-0.39, 0.29) is 17.3 Å². The number of H-pyrrole nitrogens is 1. The molecule has 2 aromatic carbocycles. The van der Waals surface area contributed by atoms with Gasteiger partial charge in [0.2, 0.25) is 0 Å². The fourth-order valence-electron chi connectivity index (χ4n) is 2.75. The average Bonchev–Trinajstić information content (AvgIpc) is 2.89. The minimum atomic E-state index is -0.544. The van der Waals surface area contributed by atoms with E-state index in [1.165, 1.54) is 17.8 Å². The van der Waals surface area contributed by atoms with E-state index in [0.717, 1.165) is 16.0 Å². The quantitative estimate of drug-likeness (QED) is 0.575. The number of hydrogen-bond acceptors (Lipinski definition) is 3. The van der Waals surface area contributed by atoms with Crippen LogP contribution in [0, 0.1) is 19.7 Å². The topological polar surface area (TPSA) is 42.1 Å². The Balaban J connectivity index is 2.20. The van der Waals surface area contributed by atoms with Crippen LogP contribution in [-0.2, 0) is 4.74 Å². The summed E-state index contributed by atoms with van der Waals surface area (Å²) in [6, 6.07) is 9.18. The zero-order valence-corrected chi connectivity index (χ0v) is 15.6. The lowest BCUT2D eigenvalue weighted by atomic mass is 10.2. The number of fused-ring (bicyclic) bond motifs is 1. The van der Waals surface area contributed by atoms with Crippen LogP contribution in [-0.4, -0.2) is 17.6 Å². The van der Waals surface area contributed by atoms with Crippen molar-refractivity contribution in [3.63, 3.8) is 0 Å². The third-order valence-electron chi connectivity index (χ3n) is 3.70. The first-order valence-corrected chi connectivity index (χ1v) is 9.03. The zero-order chi connectivity index (χ0) is 18.1. The monoisotopic (exact) mass is 377 g/mol. The Morgan fingerprint density at radius 3 is 2.56 bits per heavy atom. The van der Waals surface area contributed by atoms with Crippen molar-refractivity contribution in [2.24, 2.45) is 0 Å². The SMILES string of the molecule is CCOC(=O)c1[nH]c2ccc(Cl)c(F)c2c1Sc1cc(C)cc(C)c1. The van der Waals surface area contributed by atoms with Gasteiger partial charge in [0, 0.05) is 4.90 Å². The molecular formula is C19H17ClFNO2S. The molecule has 0 aliphatic rings. The molecule has 1 heterocycles. The van der Waals surface area contributed by atoms with Crippen molar-refractivity contribution < 1.29 is 13.9 Å². The van der Waals surface area contributed by atoms with Crippen LogP contribution in [0.4, 0.5) is 4.39 Å². The summed E-state index contributed by atoms with van der Waals surface area (Å²) < 4.78 is 19.8. The summed E-state index contributed by atoms with van der Waals surface area (Å²) in [4.78, 5) is 16.7. The van der Waals surface area contributed by atoms with Crippen molar-refractivity contribution in [2.45, 2.75) is 30.6 Å². The summed E-state index contributed by atoms with van der Waals surface area (Å²) in [6.45, 7) is 5.96. The summed E-state index contributed by atoms with van der Waals surface area (Å²) in [5, 5.41) is 0.323. The highest BCUT2D eigenvalue weighted by atomic mass is 35.5. The smallest absolute Gasteiger partial charge is 0.355 e. The predicted octanol–water partition coefficient (Wildman–Crippen LogP) is 5.91. The second kappa shape index (κ2) is 7.10. The normalized spacial score (nSPS) is 11.1. The molecule has 130 valence electrons. The van der Waals surface area contributed by atoms with Crippen LogP contribution in [0.25, 0.3) is 10.9 Å². The fraction of sp³-hybridized carbons (Fsp3) is 0.211. The molecule has 0 saturated carbocycles. The van der Waals surface area contributed by atoms with Gasteiger partial charge in [0.15, 0.2) is 5.82 Å². The van der Waals surface area contributed by atoms with E-state index in [0.29, 0.717) is 15.8 Å². The molecule has 0 bridgehead atoms. The Kier molecular flexibility index (Phi) is 5.06. The zero-order valence-electron chi connectivity index (χ0n) is 14.1. The first-order chi connectivity index (χ1) is 11.9. The third kappa shape index (κ3) is 3.53. The Bertz CT molecular complexity index is 947. The fourth-order valence-corrected chi connectivity index (χ4v) is 4.17. The molecule has 25 heavy (non-hydrogen) atoms. The molecule has 3 rings (SSSR count). The van der Waals surface area contributed by atoms with Crippen LogP contribution in [0.2, 0.25) is 5.02 Å². The van der Waals surface area contributed by atoms with E-state index in [1.807, 2.05) is 26.0 Å². The minimum Gasteiger partial charge on any atom is -0.461 e. The van der Waals surface area contributed by atoms with Gasteiger partial charge < -0.3 is 9.72 Å². The molecule has 3 nitrogen and oxygen atoms in total. The van der Waals surface area contributed by atoms with Gasteiger partial charge in [-0.1, -0.05) is 29.4 Å². The van der Waals surface area contributed by atoms with Crippen molar-refractivity contribution in [1.29, 1.82) is 0 Å². The molecule has 0 saturated heterocycles. The number of aromatic amines is 1. The van der Waals surface area contributed by atoms with Gasteiger partial charge in [-0.15, -0.1) is 0 Å². The van der Waals surface area contributed by atoms with Crippen molar-refractivity contribution in [3.8, 4) is 0 Å². The molecule has 0 aliphatic heterocycles. The summed E-state index contributed by atoms with van der Waals surface area (Å²) in [5.41, 5.74) is 2.94. The van der Waals surface area contributed by atoms with Gasteiger partial charge in [0.1, 0.15) is 5.69 Å². The second-order valence-electron chi connectivity index (χ2n) is 5.76. The molecule has 1 N–H and O–H groups in total. The Morgan fingerprint density at radius 2 is 1.92 bits per heavy atom. The van der Waals surface area contributed by atoms with Gasteiger partial charge in [0.05, 0.1) is 27.4 Å². The third-order valence-corrected chi connectivity index (χ3v) is 5.08. The van der Waals surface area contributed by atoms with Crippen LogP contribution in [0.5, 0.6) is 0 Å². The van der Waals surface area contributed by atoms with Gasteiger partial charge in [-0.25, -0.2) is 9.18 Å². The van der Waals surface area contributed by atoms with Gasteiger partial charge in [-0.05, 0) is 56.2 Å². The van der Waals surface area contributed by atoms with Gasteiger partial charge in [0.25, 0.3) is 0 Å². The van der Waals surface area contributed by atoms with Crippen LogP contribution >= 0.6 is 23.4 Å². The van der Waals surface area contributed by atoms with Gasteiger partial charge >= 0.3 is 5.97 Å². The molecule has 1 aromatic heterocycles. The highest BCUT2D eigenvalue weighted by molar-refractivity contribution is 7.99. The molecule has 0 unspecified atom stereocenters. The molecule has 0 amide bonds. The van der Waals surface area contributed by atoms with E-state index < -0.39 is 11.8 Å². The number of hydrogen-bond donors (Lipinski definition) is 1. The van der Waals surface area contributed by atoms with Crippen molar-refractivity contribution in [2.75, 3.05) is 6.61 Å². The standard InChI is InChI=1S/C19H17ClFNO2S/c1-4-24-19(23)17-18(25-12-8-10(2)7-11(3)9-12)15-14(22-17)6-5-13(20)16(15)21/h5-9,22H,4H2,1-3H3.